The van der Waals surface area contributed by atoms with Gasteiger partial charge in [-0.25, -0.2) is 14.2 Å². The quantitative estimate of drug-likeness (QED) is 0.771. The van der Waals surface area contributed by atoms with Crippen LogP contribution in [0.1, 0.15) is 16.1 Å². The lowest BCUT2D eigenvalue weighted by molar-refractivity contribution is 0.0699. The summed E-state index contributed by atoms with van der Waals surface area (Å²) in [4.78, 5) is 16.0. The first-order valence-corrected chi connectivity index (χ1v) is 6.47. The second-order valence-electron chi connectivity index (χ2n) is 4.75. The summed E-state index contributed by atoms with van der Waals surface area (Å²) in [6.45, 7) is 1.70. The Bertz CT molecular complexity index is 844. The number of hydrogen-bond acceptors (Lipinski definition) is 2. The molecule has 104 valence electrons. The van der Waals surface area contributed by atoms with Crippen molar-refractivity contribution in [2.24, 2.45) is 0 Å². The summed E-state index contributed by atoms with van der Waals surface area (Å²) in [6.07, 6.45) is 0. The number of carbonyl (C=O) groups is 1. The van der Waals surface area contributed by atoms with Gasteiger partial charge in [-0.05, 0) is 18.6 Å². The van der Waals surface area contributed by atoms with E-state index in [4.69, 9.17) is 0 Å². The number of pyridine rings is 1. The van der Waals surface area contributed by atoms with E-state index in [9.17, 15) is 14.3 Å². The third kappa shape index (κ3) is 2.14. The highest BCUT2D eigenvalue weighted by Gasteiger charge is 2.20. The van der Waals surface area contributed by atoms with Crippen LogP contribution in [0.3, 0.4) is 0 Å². The average molecular weight is 281 g/mol. The van der Waals surface area contributed by atoms with Crippen molar-refractivity contribution in [2.45, 2.75) is 6.92 Å². The highest BCUT2D eigenvalue weighted by atomic mass is 19.1. The highest BCUT2D eigenvalue weighted by molar-refractivity contribution is 6.09. The zero-order chi connectivity index (χ0) is 15.0. The summed E-state index contributed by atoms with van der Waals surface area (Å²) in [7, 11) is 0. The van der Waals surface area contributed by atoms with Crippen LogP contribution in [0.2, 0.25) is 0 Å². The van der Waals surface area contributed by atoms with Crippen molar-refractivity contribution in [2.75, 3.05) is 0 Å². The number of carboxylic acids is 1. The van der Waals surface area contributed by atoms with E-state index >= 15 is 0 Å². The van der Waals surface area contributed by atoms with Crippen molar-refractivity contribution in [3.05, 3.63) is 65.6 Å². The molecule has 0 saturated carbocycles. The number of aromatic nitrogens is 1. The molecule has 0 fully saturated rings. The average Bonchev–Trinajstić information content (AvgIpc) is 2.47. The number of para-hydroxylation sites is 1. The molecule has 0 spiro atoms. The fraction of sp³-hybridized carbons (Fsp3) is 0.0588. The van der Waals surface area contributed by atoms with Gasteiger partial charge in [-0.15, -0.1) is 0 Å². The smallest absolute Gasteiger partial charge is 0.337 e. The number of aryl methyl sites for hydroxylation is 1. The van der Waals surface area contributed by atoms with Crippen LogP contribution in [0.15, 0.2) is 48.5 Å². The van der Waals surface area contributed by atoms with Crippen LogP contribution in [0, 0.1) is 12.7 Å². The Morgan fingerprint density at radius 3 is 2.48 bits per heavy atom. The van der Waals surface area contributed by atoms with Gasteiger partial charge in [-0.1, -0.05) is 42.5 Å². The van der Waals surface area contributed by atoms with Crippen molar-refractivity contribution in [3.8, 4) is 11.1 Å². The molecule has 0 aliphatic rings. The number of benzene rings is 2. The summed E-state index contributed by atoms with van der Waals surface area (Å²) in [5.41, 5.74) is 1.96. The second-order valence-corrected chi connectivity index (χ2v) is 4.75. The molecule has 0 saturated heterocycles. The molecule has 0 unspecified atom stereocenters. The van der Waals surface area contributed by atoms with Crippen LogP contribution in [0.4, 0.5) is 4.39 Å². The molecule has 0 atom stereocenters. The molecule has 0 bridgehead atoms. The maximum absolute atomic E-state index is 13.9. The Hall–Kier alpha value is -2.75. The van der Waals surface area contributed by atoms with E-state index < -0.39 is 11.8 Å². The minimum absolute atomic E-state index is 0.0863. The molecule has 0 aliphatic heterocycles. The SMILES string of the molecule is Cc1nc2c(F)cccc2c(C(=O)O)c1-c1ccccc1. The third-order valence-electron chi connectivity index (χ3n) is 3.42. The van der Waals surface area contributed by atoms with E-state index in [-0.39, 0.29) is 11.1 Å². The fourth-order valence-corrected chi connectivity index (χ4v) is 2.55. The first-order chi connectivity index (χ1) is 10.1. The molecular weight excluding hydrogens is 269 g/mol. The third-order valence-corrected chi connectivity index (χ3v) is 3.42. The van der Waals surface area contributed by atoms with Crippen molar-refractivity contribution < 1.29 is 14.3 Å². The monoisotopic (exact) mass is 281 g/mol. The molecule has 1 N–H and O–H groups in total. The van der Waals surface area contributed by atoms with Gasteiger partial charge in [0, 0.05) is 16.6 Å². The number of halogens is 1. The molecule has 3 aromatic rings. The molecule has 4 heteroatoms. The Morgan fingerprint density at radius 1 is 1.10 bits per heavy atom. The van der Waals surface area contributed by atoms with Crippen LogP contribution >= 0.6 is 0 Å². The van der Waals surface area contributed by atoms with Gasteiger partial charge >= 0.3 is 5.97 Å². The van der Waals surface area contributed by atoms with Crippen LogP contribution in [0.25, 0.3) is 22.0 Å². The number of nitrogens with zero attached hydrogens (tertiary/aromatic N) is 1. The molecule has 3 rings (SSSR count). The van der Waals surface area contributed by atoms with E-state index in [1.807, 2.05) is 30.3 Å². The zero-order valence-electron chi connectivity index (χ0n) is 11.3. The Kier molecular flexibility index (Phi) is 3.14. The van der Waals surface area contributed by atoms with Gasteiger partial charge < -0.3 is 5.11 Å². The fourth-order valence-electron chi connectivity index (χ4n) is 2.55. The lowest BCUT2D eigenvalue weighted by atomic mass is 9.95. The van der Waals surface area contributed by atoms with Crippen LogP contribution in [-0.4, -0.2) is 16.1 Å². The normalized spacial score (nSPS) is 10.8. The van der Waals surface area contributed by atoms with E-state index in [2.05, 4.69) is 4.98 Å². The Labute approximate surface area is 120 Å². The van der Waals surface area contributed by atoms with Crippen molar-refractivity contribution in [1.82, 2.24) is 4.98 Å². The Morgan fingerprint density at radius 2 is 1.81 bits per heavy atom. The summed E-state index contributed by atoms with van der Waals surface area (Å²) in [5, 5.41) is 9.90. The zero-order valence-corrected chi connectivity index (χ0v) is 11.3. The van der Waals surface area contributed by atoms with Crippen LogP contribution in [-0.2, 0) is 0 Å². The summed E-state index contributed by atoms with van der Waals surface area (Å²) < 4.78 is 13.9. The largest absolute Gasteiger partial charge is 0.478 e. The molecule has 1 heterocycles. The van der Waals surface area contributed by atoms with Gasteiger partial charge in [0.25, 0.3) is 0 Å². The predicted octanol–water partition coefficient (Wildman–Crippen LogP) is 4.05. The lowest BCUT2D eigenvalue weighted by Crippen LogP contribution is -2.05. The predicted molar refractivity (Wildman–Crippen MR) is 78.8 cm³/mol. The number of aromatic carboxylic acids is 1. The summed E-state index contributed by atoms with van der Waals surface area (Å²) >= 11 is 0. The van der Waals surface area contributed by atoms with E-state index in [1.165, 1.54) is 12.1 Å². The van der Waals surface area contributed by atoms with E-state index in [0.717, 1.165) is 5.56 Å². The summed E-state index contributed by atoms with van der Waals surface area (Å²) in [6, 6.07) is 13.5. The molecule has 2 aromatic carbocycles. The first-order valence-electron chi connectivity index (χ1n) is 6.47. The van der Waals surface area contributed by atoms with E-state index in [0.29, 0.717) is 16.6 Å². The maximum atomic E-state index is 13.9. The van der Waals surface area contributed by atoms with Crippen LogP contribution in [0.5, 0.6) is 0 Å². The van der Waals surface area contributed by atoms with Crippen molar-refractivity contribution in [1.29, 1.82) is 0 Å². The number of carboxylic acid groups (broad SMARTS) is 1. The van der Waals surface area contributed by atoms with Crippen LogP contribution < -0.4 is 0 Å². The lowest BCUT2D eigenvalue weighted by Gasteiger charge is -2.13. The second kappa shape index (κ2) is 4.98. The number of hydrogen-bond donors (Lipinski definition) is 1. The van der Waals surface area contributed by atoms with Gasteiger partial charge in [0.1, 0.15) is 11.3 Å². The van der Waals surface area contributed by atoms with Crippen molar-refractivity contribution in [3.63, 3.8) is 0 Å². The molecule has 1 aromatic heterocycles. The topological polar surface area (TPSA) is 50.2 Å². The molecule has 0 aliphatic carbocycles. The standard InChI is InChI=1S/C17H12FNO2/c1-10-14(11-6-3-2-4-7-11)15(17(20)21)12-8-5-9-13(18)16(12)19-10/h2-9H,1H3,(H,20,21). The van der Waals surface area contributed by atoms with Crippen molar-refractivity contribution >= 4 is 16.9 Å². The molecule has 3 nitrogen and oxygen atoms in total. The first kappa shape index (κ1) is 13.2. The number of rotatable bonds is 2. The highest BCUT2D eigenvalue weighted by Crippen LogP contribution is 2.32. The van der Waals surface area contributed by atoms with Gasteiger partial charge in [-0.2, -0.15) is 0 Å². The molecular formula is C17H12FNO2. The molecule has 0 amide bonds. The molecule has 21 heavy (non-hydrogen) atoms. The summed E-state index contributed by atoms with van der Waals surface area (Å²) in [5.74, 6) is -1.60. The Balaban J connectivity index is 2.48. The van der Waals surface area contributed by atoms with Gasteiger partial charge in [-0.3, -0.25) is 0 Å². The minimum Gasteiger partial charge on any atom is -0.478 e. The van der Waals surface area contributed by atoms with Gasteiger partial charge in [0.15, 0.2) is 0 Å². The van der Waals surface area contributed by atoms with E-state index in [1.54, 1.807) is 13.0 Å². The van der Waals surface area contributed by atoms with Gasteiger partial charge in [0.2, 0.25) is 0 Å². The minimum atomic E-state index is -1.09. The van der Waals surface area contributed by atoms with Gasteiger partial charge in [0.05, 0.1) is 5.56 Å². The number of fused-ring (bicyclic) bond motifs is 1. The molecule has 0 radical (unpaired) electrons. The maximum Gasteiger partial charge on any atom is 0.337 e.